The fraction of sp³-hybridized carbons (Fsp3) is 0.814. The second-order valence-electron chi connectivity index (χ2n) is 18.9. The van der Waals surface area contributed by atoms with Crippen molar-refractivity contribution in [2.75, 3.05) is 13.6 Å². The van der Waals surface area contributed by atoms with E-state index < -0.39 is 5.60 Å². The number of ether oxygens (including phenoxy) is 3. The molecule has 1 aromatic rings. The van der Waals surface area contributed by atoms with Crippen LogP contribution in [0.15, 0.2) is 18.2 Å². The summed E-state index contributed by atoms with van der Waals surface area (Å²) in [5.41, 5.74) is 1.42. The van der Waals surface area contributed by atoms with Crippen LogP contribution in [0.2, 0.25) is 0 Å². The van der Waals surface area contributed by atoms with Crippen LogP contribution in [0.3, 0.4) is 0 Å². The second-order valence-corrected chi connectivity index (χ2v) is 18.9. The maximum atomic E-state index is 14.5. The molecule has 6 heteroatoms. The van der Waals surface area contributed by atoms with Gasteiger partial charge in [-0.3, -0.25) is 4.79 Å². The zero-order valence-electron chi connectivity index (χ0n) is 33.2. The maximum Gasteiger partial charge on any atom is 0.410 e. The number of fused-ring (bicyclic) bond motifs is 5. The molecule has 0 saturated heterocycles. The molecule has 278 valence electrons. The molecule has 6 atom stereocenters. The molecular weight excluding hydrogens is 610 g/mol. The Hall–Kier alpha value is -2.08. The summed E-state index contributed by atoms with van der Waals surface area (Å²) in [6.45, 7) is 21.7. The third-order valence-electron chi connectivity index (χ3n) is 11.4. The average Bonchev–Trinajstić information content (AvgIpc) is 3.29. The number of amides is 1. The molecular formula is C43H71NO5. The quantitative estimate of drug-likeness (QED) is 0.183. The molecule has 2 saturated carbocycles. The highest BCUT2D eigenvalue weighted by molar-refractivity contribution is 6.01. The molecule has 0 aliphatic heterocycles. The van der Waals surface area contributed by atoms with Crippen LogP contribution in [0.1, 0.15) is 181 Å². The van der Waals surface area contributed by atoms with E-state index in [-0.39, 0.29) is 34.7 Å². The molecule has 0 bridgehead atoms. The first kappa shape index (κ1) is 39.7. The first-order valence-corrected chi connectivity index (χ1v) is 19.8. The SMILES string of the molecule is CN(CCCCCCCCCCC[C@@H]1C(=O)c2cc(OC(C)(C)C)ccc2[C@H]2CC[C@]3(C)[C@@H](OC(C)(C)C)CC[C@H]3[C@H]12)C(=O)OC(C)(C)C. The smallest absolute Gasteiger partial charge is 0.410 e. The van der Waals surface area contributed by atoms with E-state index in [9.17, 15) is 9.59 Å². The molecule has 3 aliphatic carbocycles. The van der Waals surface area contributed by atoms with Crippen molar-refractivity contribution in [3.63, 3.8) is 0 Å². The number of nitrogens with zero attached hydrogens (tertiary/aromatic N) is 1. The van der Waals surface area contributed by atoms with Gasteiger partial charge in [-0.05, 0) is 142 Å². The molecule has 2 fully saturated rings. The Morgan fingerprint density at radius 2 is 1.43 bits per heavy atom. The third-order valence-corrected chi connectivity index (χ3v) is 11.4. The summed E-state index contributed by atoms with van der Waals surface area (Å²) in [5, 5.41) is 0. The number of benzene rings is 1. The highest BCUT2D eigenvalue weighted by Gasteiger charge is 2.59. The van der Waals surface area contributed by atoms with E-state index >= 15 is 0 Å². The number of carbonyl (C=O) groups is 2. The minimum atomic E-state index is -0.450. The summed E-state index contributed by atoms with van der Waals surface area (Å²) in [6.07, 6.45) is 16.3. The third kappa shape index (κ3) is 10.7. The normalized spacial score (nSPS) is 26.9. The Labute approximate surface area is 299 Å². The van der Waals surface area contributed by atoms with Gasteiger partial charge in [-0.2, -0.15) is 0 Å². The van der Waals surface area contributed by atoms with Gasteiger partial charge in [-0.1, -0.05) is 64.4 Å². The monoisotopic (exact) mass is 682 g/mol. The highest BCUT2D eigenvalue weighted by Crippen LogP contribution is 2.63. The van der Waals surface area contributed by atoms with Crippen LogP contribution in [0, 0.1) is 23.2 Å². The fourth-order valence-electron chi connectivity index (χ4n) is 9.26. The van der Waals surface area contributed by atoms with Gasteiger partial charge < -0.3 is 19.1 Å². The molecule has 0 radical (unpaired) electrons. The van der Waals surface area contributed by atoms with Crippen molar-refractivity contribution in [1.82, 2.24) is 4.90 Å². The number of unbranched alkanes of at least 4 members (excludes halogenated alkanes) is 8. The number of hydrogen-bond donors (Lipinski definition) is 0. The van der Waals surface area contributed by atoms with Gasteiger partial charge in [0.1, 0.15) is 17.0 Å². The molecule has 6 nitrogen and oxygen atoms in total. The van der Waals surface area contributed by atoms with Crippen LogP contribution in [0.25, 0.3) is 0 Å². The van der Waals surface area contributed by atoms with Crippen LogP contribution in [0.4, 0.5) is 4.79 Å². The zero-order chi connectivity index (χ0) is 36.2. The van der Waals surface area contributed by atoms with Gasteiger partial charge in [0.25, 0.3) is 0 Å². The number of ketones is 1. The van der Waals surface area contributed by atoms with Crippen LogP contribution < -0.4 is 4.74 Å². The molecule has 1 aromatic carbocycles. The van der Waals surface area contributed by atoms with Crippen molar-refractivity contribution >= 4 is 11.9 Å². The van der Waals surface area contributed by atoms with Gasteiger partial charge in [0.15, 0.2) is 5.78 Å². The number of carbonyl (C=O) groups excluding carboxylic acids is 2. The fourth-order valence-corrected chi connectivity index (χ4v) is 9.26. The minimum Gasteiger partial charge on any atom is -0.488 e. The summed E-state index contributed by atoms with van der Waals surface area (Å²) < 4.78 is 18.4. The Kier molecular flexibility index (Phi) is 13.0. The van der Waals surface area contributed by atoms with Crippen molar-refractivity contribution in [3.8, 4) is 5.75 Å². The Morgan fingerprint density at radius 1 is 0.816 bits per heavy atom. The van der Waals surface area contributed by atoms with E-state index in [1.54, 1.807) is 4.90 Å². The lowest BCUT2D eigenvalue weighted by Gasteiger charge is -2.53. The van der Waals surface area contributed by atoms with Crippen molar-refractivity contribution in [2.45, 2.75) is 188 Å². The second kappa shape index (κ2) is 16.1. The van der Waals surface area contributed by atoms with E-state index in [0.29, 0.717) is 23.5 Å². The Balaban J connectivity index is 1.31. The van der Waals surface area contributed by atoms with Crippen LogP contribution in [0.5, 0.6) is 5.75 Å². The molecule has 0 heterocycles. The Morgan fingerprint density at radius 3 is 2.02 bits per heavy atom. The highest BCUT2D eigenvalue weighted by atomic mass is 16.6. The summed E-state index contributed by atoms with van der Waals surface area (Å²) in [6, 6.07) is 6.39. The number of hydrogen-bond acceptors (Lipinski definition) is 5. The first-order valence-electron chi connectivity index (χ1n) is 19.8. The summed E-state index contributed by atoms with van der Waals surface area (Å²) in [5.74, 6) is 2.62. The molecule has 0 spiro atoms. The molecule has 3 aliphatic rings. The van der Waals surface area contributed by atoms with Crippen molar-refractivity contribution in [2.24, 2.45) is 23.2 Å². The molecule has 0 aromatic heterocycles. The molecule has 0 N–H and O–H groups in total. The molecule has 49 heavy (non-hydrogen) atoms. The van der Waals surface area contributed by atoms with Gasteiger partial charge in [-0.25, -0.2) is 4.79 Å². The lowest BCUT2D eigenvalue weighted by Crippen LogP contribution is -2.50. The summed E-state index contributed by atoms with van der Waals surface area (Å²) in [4.78, 5) is 28.4. The topological polar surface area (TPSA) is 65.1 Å². The van der Waals surface area contributed by atoms with Gasteiger partial charge in [0.05, 0.1) is 11.7 Å². The first-order chi connectivity index (χ1) is 22.8. The average molecular weight is 682 g/mol. The van der Waals surface area contributed by atoms with Crippen LogP contribution in [-0.2, 0) is 9.47 Å². The summed E-state index contributed by atoms with van der Waals surface area (Å²) >= 11 is 0. The van der Waals surface area contributed by atoms with Crippen molar-refractivity contribution in [1.29, 1.82) is 0 Å². The van der Waals surface area contributed by atoms with Crippen molar-refractivity contribution in [3.05, 3.63) is 29.3 Å². The van der Waals surface area contributed by atoms with Gasteiger partial charge in [-0.15, -0.1) is 0 Å². The van der Waals surface area contributed by atoms with E-state index in [0.717, 1.165) is 56.4 Å². The summed E-state index contributed by atoms with van der Waals surface area (Å²) in [7, 11) is 1.82. The van der Waals surface area contributed by atoms with Crippen LogP contribution in [-0.4, -0.2) is 53.3 Å². The van der Waals surface area contributed by atoms with E-state index in [4.69, 9.17) is 14.2 Å². The lowest BCUT2D eigenvalue weighted by atomic mass is 9.51. The zero-order valence-corrected chi connectivity index (χ0v) is 33.2. The van der Waals surface area contributed by atoms with Crippen LogP contribution >= 0.6 is 0 Å². The molecule has 4 rings (SSSR count). The van der Waals surface area contributed by atoms with Crippen molar-refractivity contribution < 1.29 is 23.8 Å². The number of Topliss-reactive ketones (excluding diaryl/α,β-unsaturated/α-hetero) is 1. The Bertz CT molecular complexity index is 1250. The van der Waals surface area contributed by atoms with E-state index in [1.165, 1.54) is 56.9 Å². The number of rotatable bonds is 14. The standard InChI is InChI=1S/C43H71NO5/c1-40(2,3)47-30-22-23-31-32-26-27-43(10)35(24-25-36(43)48-41(4,5)6)37(32)33(38(45)34(31)29-30)21-19-17-15-13-12-14-16-18-20-28-44(11)39(46)49-42(7,8)9/h22-23,29,32-33,35-37H,12-21,24-28H2,1-11H3/t32-,33+,35+,36+,37+,43+/m1/s1. The predicted octanol–water partition coefficient (Wildman–Crippen LogP) is 11.5. The largest absolute Gasteiger partial charge is 0.488 e. The van der Waals surface area contributed by atoms with E-state index in [1.807, 2.05) is 27.8 Å². The molecule has 1 amide bonds. The van der Waals surface area contributed by atoms with Gasteiger partial charge in [0.2, 0.25) is 0 Å². The van der Waals surface area contributed by atoms with E-state index in [2.05, 4.69) is 66.7 Å². The minimum absolute atomic E-state index is 0.0826. The lowest BCUT2D eigenvalue weighted by molar-refractivity contribution is -0.128. The van der Waals surface area contributed by atoms with Gasteiger partial charge >= 0.3 is 6.09 Å². The predicted molar refractivity (Wildman–Crippen MR) is 201 cm³/mol. The maximum absolute atomic E-state index is 14.5. The van der Waals surface area contributed by atoms with Gasteiger partial charge in [0, 0.05) is 25.1 Å². The molecule has 0 unspecified atom stereocenters.